The number of aliphatic hydroxyl groups is 1. The van der Waals surface area contributed by atoms with Crippen molar-refractivity contribution in [1.82, 2.24) is 4.98 Å². The van der Waals surface area contributed by atoms with E-state index in [1.807, 2.05) is 19.1 Å². The molecule has 2 aromatic rings. The van der Waals surface area contributed by atoms with E-state index in [2.05, 4.69) is 4.98 Å². The Hall–Kier alpha value is -1.78. The minimum Gasteiger partial charge on any atom is -0.497 e. The summed E-state index contributed by atoms with van der Waals surface area (Å²) in [6.45, 7) is 3.89. The number of benzene rings is 1. The van der Waals surface area contributed by atoms with Crippen molar-refractivity contribution in [2.45, 2.75) is 26.6 Å². The summed E-state index contributed by atoms with van der Waals surface area (Å²) in [5.41, 5.74) is 2.38. The van der Waals surface area contributed by atoms with Gasteiger partial charge in [0.05, 0.1) is 23.9 Å². The number of pyridine rings is 1. The smallest absolute Gasteiger partial charge is 0.138 e. The second-order valence-electron chi connectivity index (χ2n) is 4.79. The van der Waals surface area contributed by atoms with E-state index in [0.717, 1.165) is 22.7 Å². The number of aliphatic hydroxyl groups excluding tert-OH is 1. The van der Waals surface area contributed by atoms with E-state index < -0.39 is 6.10 Å². The molecule has 112 valence electrons. The number of ether oxygens (including phenoxy) is 2. The van der Waals surface area contributed by atoms with Gasteiger partial charge in [0, 0.05) is 17.8 Å². The molecule has 1 unspecified atom stereocenters. The predicted octanol–water partition coefficient (Wildman–Crippen LogP) is 3.68. The van der Waals surface area contributed by atoms with Crippen LogP contribution in [0.3, 0.4) is 0 Å². The topological polar surface area (TPSA) is 51.6 Å². The van der Waals surface area contributed by atoms with E-state index in [1.165, 1.54) is 0 Å². The van der Waals surface area contributed by atoms with Crippen molar-refractivity contribution in [2.24, 2.45) is 0 Å². The third-order valence-electron chi connectivity index (χ3n) is 3.03. The molecular weight excluding hydrogens is 290 g/mol. The number of methoxy groups -OCH3 is 1. The average Bonchev–Trinajstić information content (AvgIpc) is 2.45. The highest BCUT2D eigenvalue weighted by Crippen LogP contribution is 2.28. The lowest BCUT2D eigenvalue weighted by atomic mass is 10.1. The average molecular weight is 308 g/mol. The van der Waals surface area contributed by atoms with E-state index in [4.69, 9.17) is 21.1 Å². The second-order valence-corrected chi connectivity index (χ2v) is 5.20. The fourth-order valence-corrected chi connectivity index (χ4v) is 2.18. The van der Waals surface area contributed by atoms with Gasteiger partial charge in [-0.25, -0.2) is 0 Å². The molecule has 0 aliphatic heterocycles. The Kier molecular flexibility index (Phi) is 5.04. The number of aryl methyl sites for hydroxylation is 1. The maximum Gasteiger partial charge on any atom is 0.138 e. The van der Waals surface area contributed by atoms with Crippen LogP contribution in [0.2, 0.25) is 5.02 Å². The summed E-state index contributed by atoms with van der Waals surface area (Å²) in [5, 5.41) is 9.98. The number of hydrogen-bond donors (Lipinski definition) is 1. The van der Waals surface area contributed by atoms with Crippen molar-refractivity contribution in [3.8, 4) is 11.5 Å². The van der Waals surface area contributed by atoms with Crippen LogP contribution in [0.1, 0.15) is 30.0 Å². The normalized spacial score (nSPS) is 12.0. The van der Waals surface area contributed by atoms with Gasteiger partial charge in [0.2, 0.25) is 0 Å². The van der Waals surface area contributed by atoms with Crippen LogP contribution >= 0.6 is 11.6 Å². The van der Waals surface area contributed by atoms with Gasteiger partial charge in [-0.1, -0.05) is 17.7 Å². The lowest BCUT2D eigenvalue weighted by Gasteiger charge is -2.11. The number of halogens is 1. The van der Waals surface area contributed by atoms with Crippen LogP contribution in [-0.2, 0) is 6.61 Å². The summed E-state index contributed by atoms with van der Waals surface area (Å²) in [4.78, 5) is 4.38. The van der Waals surface area contributed by atoms with Crippen LogP contribution in [0, 0.1) is 6.92 Å². The van der Waals surface area contributed by atoms with E-state index in [0.29, 0.717) is 17.4 Å². The van der Waals surface area contributed by atoms with Crippen molar-refractivity contribution in [1.29, 1.82) is 0 Å². The Balaban J connectivity index is 2.11. The van der Waals surface area contributed by atoms with E-state index in [9.17, 15) is 5.11 Å². The zero-order valence-corrected chi connectivity index (χ0v) is 13.0. The monoisotopic (exact) mass is 307 g/mol. The number of aromatic nitrogens is 1. The van der Waals surface area contributed by atoms with Crippen LogP contribution in [0.25, 0.3) is 0 Å². The standard InChI is InChI=1S/C16H18ClNO3/c1-10-6-14(20-3)8-13(18-10)9-21-16-5-4-12(11(2)19)7-15(16)17/h4-8,11,19H,9H2,1-3H3. The highest BCUT2D eigenvalue weighted by atomic mass is 35.5. The minimum atomic E-state index is -0.556. The SMILES string of the molecule is COc1cc(C)nc(COc2ccc(C(C)O)cc2Cl)c1. The minimum absolute atomic E-state index is 0.297. The van der Waals surface area contributed by atoms with Crippen molar-refractivity contribution in [3.63, 3.8) is 0 Å². The Bertz CT molecular complexity index is 629. The molecule has 0 bridgehead atoms. The molecule has 21 heavy (non-hydrogen) atoms. The zero-order chi connectivity index (χ0) is 15.4. The molecular formula is C16H18ClNO3. The highest BCUT2D eigenvalue weighted by molar-refractivity contribution is 6.32. The predicted molar refractivity (Wildman–Crippen MR) is 81.9 cm³/mol. The number of rotatable bonds is 5. The van der Waals surface area contributed by atoms with E-state index in [1.54, 1.807) is 32.2 Å². The number of hydrogen-bond acceptors (Lipinski definition) is 4. The highest BCUT2D eigenvalue weighted by Gasteiger charge is 2.08. The third kappa shape index (κ3) is 4.09. The fraction of sp³-hybridized carbons (Fsp3) is 0.312. The van der Waals surface area contributed by atoms with Gasteiger partial charge in [0.1, 0.15) is 18.1 Å². The molecule has 1 aromatic carbocycles. The summed E-state index contributed by atoms with van der Waals surface area (Å²) < 4.78 is 10.9. The van der Waals surface area contributed by atoms with E-state index in [-0.39, 0.29) is 0 Å². The molecule has 0 radical (unpaired) electrons. The Morgan fingerprint density at radius 1 is 1.29 bits per heavy atom. The van der Waals surface area contributed by atoms with Crippen LogP contribution in [0.5, 0.6) is 11.5 Å². The van der Waals surface area contributed by atoms with Crippen LogP contribution in [0.4, 0.5) is 0 Å². The number of nitrogens with zero attached hydrogens (tertiary/aromatic N) is 1. The Labute approximate surface area is 129 Å². The van der Waals surface area contributed by atoms with Crippen LogP contribution < -0.4 is 9.47 Å². The van der Waals surface area contributed by atoms with Crippen LogP contribution in [0.15, 0.2) is 30.3 Å². The molecule has 1 heterocycles. The molecule has 5 heteroatoms. The van der Waals surface area contributed by atoms with Crippen molar-refractivity contribution in [3.05, 3.63) is 52.3 Å². The zero-order valence-electron chi connectivity index (χ0n) is 12.3. The molecule has 0 spiro atoms. The molecule has 1 atom stereocenters. The van der Waals surface area contributed by atoms with Gasteiger partial charge >= 0.3 is 0 Å². The van der Waals surface area contributed by atoms with Gasteiger partial charge in [-0.3, -0.25) is 4.98 Å². The molecule has 0 amide bonds. The first-order chi connectivity index (χ1) is 9.99. The van der Waals surface area contributed by atoms with Gasteiger partial charge in [0.15, 0.2) is 0 Å². The molecule has 2 rings (SSSR count). The maximum absolute atomic E-state index is 9.51. The first kappa shape index (κ1) is 15.6. The van der Waals surface area contributed by atoms with Crippen molar-refractivity contribution >= 4 is 11.6 Å². The maximum atomic E-state index is 9.51. The van der Waals surface area contributed by atoms with Crippen molar-refractivity contribution < 1.29 is 14.6 Å². The van der Waals surface area contributed by atoms with Gasteiger partial charge in [-0.15, -0.1) is 0 Å². The van der Waals surface area contributed by atoms with Gasteiger partial charge < -0.3 is 14.6 Å². The summed E-state index contributed by atoms with van der Waals surface area (Å²) in [6, 6.07) is 8.92. The second kappa shape index (κ2) is 6.78. The van der Waals surface area contributed by atoms with Gasteiger partial charge in [-0.2, -0.15) is 0 Å². The third-order valence-corrected chi connectivity index (χ3v) is 3.32. The molecule has 4 nitrogen and oxygen atoms in total. The summed E-state index contributed by atoms with van der Waals surface area (Å²) in [7, 11) is 1.62. The fourth-order valence-electron chi connectivity index (χ4n) is 1.94. The lowest BCUT2D eigenvalue weighted by Crippen LogP contribution is -2.01. The molecule has 0 aliphatic carbocycles. The van der Waals surface area contributed by atoms with Crippen molar-refractivity contribution in [2.75, 3.05) is 7.11 Å². The quantitative estimate of drug-likeness (QED) is 0.915. The summed E-state index contributed by atoms with van der Waals surface area (Å²) in [5.74, 6) is 1.31. The molecule has 0 aliphatic rings. The molecule has 0 saturated carbocycles. The molecule has 0 fully saturated rings. The molecule has 1 N–H and O–H groups in total. The molecule has 0 saturated heterocycles. The lowest BCUT2D eigenvalue weighted by molar-refractivity contribution is 0.199. The largest absolute Gasteiger partial charge is 0.497 e. The summed E-state index contributed by atoms with van der Waals surface area (Å²) in [6.07, 6.45) is -0.556. The first-order valence-corrected chi connectivity index (χ1v) is 6.99. The van der Waals surface area contributed by atoms with Gasteiger partial charge in [-0.05, 0) is 31.5 Å². The first-order valence-electron chi connectivity index (χ1n) is 6.61. The molecule has 1 aromatic heterocycles. The Morgan fingerprint density at radius 2 is 2.05 bits per heavy atom. The van der Waals surface area contributed by atoms with Crippen LogP contribution in [-0.4, -0.2) is 17.2 Å². The van der Waals surface area contributed by atoms with Gasteiger partial charge in [0.25, 0.3) is 0 Å². The van der Waals surface area contributed by atoms with E-state index >= 15 is 0 Å². The summed E-state index contributed by atoms with van der Waals surface area (Å²) >= 11 is 6.15. The Morgan fingerprint density at radius 3 is 2.67 bits per heavy atom.